The molecule has 0 amide bonds. The van der Waals surface area contributed by atoms with Gasteiger partial charge in [-0.25, -0.2) is 9.97 Å². The molecule has 1 aromatic carbocycles. The van der Waals surface area contributed by atoms with Crippen molar-refractivity contribution in [3.8, 4) is 11.5 Å². The molecule has 5 heteroatoms. The van der Waals surface area contributed by atoms with Gasteiger partial charge in [-0.1, -0.05) is 32.4 Å². The number of hydrogen-bond donors (Lipinski definition) is 1. The lowest BCUT2D eigenvalue weighted by Gasteiger charge is -2.13. The molecular weight excluding hydrogens is 326 g/mol. The number of methoxy groups -OCH3 is 1. The van der Waals surface area contributed by atoms with Gasteiger partial charge >= 0.3 is 0 Å². The lowest BCUT2D eigenvalue weighted by Crippen LogP contribution is -2.08. The van der Waals surface area contributed by atoms with E-state index in [0.29, 0.717) is 6.61 Å². The van der Waals surface area contributed by atoms with Crippen molar-refractivity contribution in [1.29, 1.82) is 0 Å². The van der Waals surface area contributed by atoms with Gasteiger partial charge in [-0.2, -0.15) is 0 Å². The van der Waals surface area contributed by atoms with Gasteiger partial charge in [-0.05, 0) is 49.8 Å². The van der Waals surface area contributed by atoms with E-state index in [9.17, 15) is 0 Å². The summed E-state index contributed by atoms with van der Waals surface area (Å²) in [7, 11) is 1.72. The molecule has 0 aliphatic rings. The van der Waals surface area contributed by atoms with E-state index < -0.39 is 0 Å². The molecule has 0 atom stereocenters. The van der Waals surface area contributed by atoms with E-state index in [1.165, 1.54) is 11.1 Å². The van der Waals surface area contributed by atoms with Crippen molar-refractivity contribution in [2.45, 2.75) is 52.9 Å². The van der Waals surface area contributed by atoms with E-state index in [0.717, 1.165) is 61.8 Å². The topological polar surface area (TPSA) is 56.3 Å². The first-order valence-corrected chi connectivity index (χ1v) is 9.54. The minimum absolute atomic E-state index is 0.641. The highest BCUT2D eigenvalue weighted by atomic mass is 16.5. The zero-order chi connectivity index (χ0) is 18.8. The minimum Gasteiger partial charge on any atom is -0.496 e. The van der Waals surface area contributed by atoms with Gasteiger partial charge in [0.15, 0.2) is 11.6 Å². The first-order valence-electron chi connectivity index (χ1n) is 9.54. The third-order valence-electron chi connectivity index (χ3n) is 4.29. The number of benzene rings is 1. The largest absolute Gasteiger partial charge is 0.496 e. The fraction of sp³-hybridized carbons (Fsp3) is 0.524. The van der Waals surface area contributed by atoms with Crippen molar-refractivity contribution in [3.05, 3.63) is 41.3 Å². The summed E-state index contributed by atoms with van der Waals surface area (Å²) < 4.78 is 11.3. The van der Waals surface area contributed by atoms with E-state index in [2.05, 4.69) is 47.3 Å². The summed E-state index contributed by atoms with van der Waals surface area (Å²) >= 11 is 0. The smallest absolute Gasteiger partial charge is 0.179 e. The first-order chi connectivity index (χ1) is 12.7. The third-order valence-corrected chi connectivity index (χ3v) is 4.29. The van der Waals surface area contributed by atoms with Gasteiger partial charge in [0, 0.05) is 6.54 Å². The van der Waals surface area contributed by atoms with Crippen LogP contribution >= 0.6 is 0 Å². The Morgan fingerprint density at radius 2 is 1.96 bits per heavy atom. The Morgan fingerprint density at radius 3 is 2.69 bits per heavy atom. The fourth-order valence-electron chi connectivity index (χ4n) is 2.80. The van der Waals surface area contributed by atoms with E-state index >= 15 is 0 Å². The molecule has 0 aliphatic heterocycles. The van der Waals surface area contributed by atoms with Gasteiger partial charge in [0.25, 0.3) is 0 Å². The Bertz CT molecular complexity index is 689. The number of aryl methyl sites for hydroxylation is 3. The van der Waals surface area contributed by atoms with Crippen LogP contribution in [-0.4, -0.2) is 30.2 Å². The highest BCUT2D eigenvalue weighted by molar-refractivity contribution is 5.48. The normalized spacial score (nSPS) is 10.6. The predicted octanol–water partition coefficient (Wildman–Crippen LogP) is 4.58. The number of anilines is 1. The number of nitrogens with one attached hydrogen (secondary N) is 1. The zero-order valence-corrected chi connectivity index (χ0v) is 16.5. The average molecular weight is 357 g/mol. The van der Waals surface area contributed by atoms with Crippen LogP contribution in [0.1, 0.15) is 50.1 Å². The molecule has 5 nitrogen and oxygen atoms in total. The van der Waals surface area contributed by atoms with Crippen molar-refractivity contribution < 1.29 is 9.47 Å². The van der Waals surface area contributed by atoms with Gasteiger partial charge in [-0.15, -0.1) is 0 Å². The molecule has 1 N–H and O–H groups in total. The van der Waals surface area contributed by atoms with Crippen molar-refractivity contribution >= 4 is 5.82 Å². The summed E-state index contributed by atoms with van der Waals surface area (Å²) in [6.45, 7) is 7.75. The van der Waals surface area contributed by atoms with Crippen LogP contribution < -0.4 is 14.8 Å². The maximum absolute atomic E-state index is 5.93. The maximum Gasteiger partial charge on any atom is 0.179 e. The molecule has 26 heavy (non-hydrogen) atoms. The second-order valence-electron chi connectivity index (χ2n) is 6.36. The SMILES string of the molecule is CCCCNc1nc(C)ncc1OCCCc1ccc(OC)c(CC)c1. The molecule has 0 saturated carbocycles. The molecule has 2 rings (SSSR count). The standard InChI is InChI=1S/C21H31N3O2/c1-5-7-12-22-21-20(15-23-16(3)24-21)26-13-8-9-17-10-11-19(25-4)18(6-2)14-17/h10-11,14-15H,5-9,12-13H2,1-4H3,(H,22,23,24). The molecule has 0 radical (unpaired) electrons. The van der Waals surface area contributed by atoms with Crippen LogP contribution in [-0.2, 0) is 12.8 Å². The number of rotatable bonds is 11. The summed E-state index contributed by atoms with van der Waals surface area (Å²) in [6.07, 6.45) is 6.91. The van der Waals surface area contributed by atoms with Crippen LogP contribution in [0.2, 0.25) is 0 Å². The monoisotopic (exact) mass is 357 g/mol. The molecule has 2 aromatic rings. The van der Waals surface area contributed by atoms with E-state index in [1.807, 2.05) is 6.92 Å². The fourth-order valence-corrected chi connectivity index (χ4v) is 2.80. The minimum atomic E-state index is 0.641. The highest BCUT2D eigenvalue weighted by Crippen LogP contribution is 2.23. The first kappa shape index (κ1) is 20.0. The predicted molar refractivity (Wildman–Crippen MR) is 106 cm³/mol. The lowest BCUT2D eigenvalue weighted by molar-refractivity contribution is 0.310. The molecule has 0 fully saturated rings. The van der Waals surface area contributed by atoms with Gasteiger partial charge in [0.2, 0.25) is 0 Å². The van der Waals surface area contributed by atoms with Gasteiger partial charge in [-0.3, -0.25) is 0 Å². The summed E-state index contributed by atoms with van der Waals surface area (Å²) in [5.74, 6) is 3.24. The van der Waals surface area contributed by atoms with Gasteiger partial charge < -0.3 is 14.8 Å². The van der Waals surface area contributed by atoms with Crippen LogP contribution in [0.5, 0.6) is 11.5 Å². The Hall–Kier alpha value is -2.30. The Labute approximate surface area is 157 Å². The Kier molecular flexibility index (Phi) is 8.19. The van der Waals surface area contributed by atoms with Crippen molar-refractivity contribution in [3.63, 3.8) is 0 Å². The van der Waals surface area contributed by atoms with Crippen LogP contribution in [0.3, 0.4) is 0 Å². The average Bonchev–Trinajstić information content (AvgIpc) is 2.66. The Morgan fingerprint density at radius 1 is 1.12 bits per heavy atom. The number of aromatic nitrogens is 2. The summed E-state index contributed by atoms with van der Waals surface area (Å²) in [5, 5.41) is 3.35. The Balaban J connectivity index is 1.88. The number of ether oxygens (including phenoxy) is 2. The molecule has 0 unspecified atom stereocenters. The van der Waals surface area contributed by atoms with Crippen molar-refractivity contribution in [2.24, 2.45) is 0 Å². The highest BCUT2D eigenvalue weighted by Gasteiger charge is 2.07. The summed E-state index contributed by atoms with van der Waals surface area (Å²) in [4.78, 5) is 8.72. The molecule has 0 spiro atoms. The number of hydrogen-bond acceptors (Lipinski definition) is 5. The molecule has 0 aliphatic carbocycles. The molecule has 0 bridgehead atoms. The van der Waals surface area contributed by atoms with Gasteiger partial charge in [0.1, 0.15) is 11.6 Å². The molecule has 1 aromatic heterocycles. The third kappa shape index (κ3) is 5.90. The number of nitrogens with zero attached hydrogens (tertiary/aromatic N) is 2. The lowest BCUT2D eigenvalue weighted by atomic mass is 10.0. The molecular formula is C21H31N3O2. The van der Waals surface area contributed by atoms with Crippen molar-refractivity contribution in [1.82, 2.24) is 9.97 Å². The van der Waals surface area contributed by atoms with Crippen LogP contribution in [0.4, 0.5) is 5.82 Å². The van der Waals surface area contributed by atoms with E-state index in [1.54, 1.807) is 13.3 Å². The van der Waals surface area contributed by atoms with Crippen LogP contribution in [0, 0.1) is 6.92 Å². The van der Waals surface area contributed by atoms with Gasteiger partial charge in [0.05, 0.1) is 19.9 Å². The summed E-state index contributed by atoms with van der Waals surface area (Å²) in [6, 6.07) is 6.41. The second-order valence-corrected chi connectivity index (χ2v) is 6.36. The molecule has 0 saturated heterocycles. The zero-order valence-electron chi connectivity index (χ0n) is 16.5. The quantitative estimate of drug-likeness (QED) is 0.597. The number of unbranched alkanes of at least 4 members (excludes halogenated alkanes) is 1. The van der Waals surface area contributed by atoms with Crippen molar-refractivity contribution in [2.75, 3.05) is 25.6 Å². The van der Waals surface area contributed by atoms with E-state index in [4.69, 9.17) is 9.47 Å². The van der Waals surface area contributed by atoms with Crippen LogP contribution in [0.15, 0.2) is 24.4 Å². The molecule has 1 heterocycles. The maximum atomic E-state index is 5.93. The van der Waals surface area contributed by atoms with E-state index in [-0.39, 0.29) is 0 Å². The summed E-state index contributed by atoms with van der Waals surface area (Å²) in [5.41, 5.74) is 2.56. The van der Waals surface area contributed by atoms with Crippen LogP contribution in [0.25, 0.3) is 0 Å². The second kappa shape index (κ2) is 10.6. The molecule has 142 valence electrons.